The van der Waals surface area contributed by atoms with Gasteiger partial charge in [0.15, 0.2) is 0 Å². The lowest BCUT2D eigenvalue weighted by Crippen LogP contribution is -2.48. The third kappa shape index (κ3) is 3.57. The lowest BCUT2D eigenvalue weighted by Gasteiger charge is -2.39. The fourth-order valence-electron chi connectivity index (χ4n) is 4.38. The van der Waals surface area contributed by atoms with Crippen LogP contribution in [0.15, 0.2) is 0 Å². The molecule has 2 heterocycles. The SMILES string of the molecule is CN(C)C(=O)NC[C@@H]1CCC[C@]2(CCN(C3CCCC3)C2)O1. The summed E-state index contributed by atoms with van der Waals surface area (Å²) in [5.41, 5.74) is 0.0638. The molecule has 1 N–H and O–H groups in total. The number of carbonyl (C=O) groups is 1. The van der Waals surface area contributed by atoms with Crippen molar-refractivity contribution in [2.45, 2.75) is 69.1 Å². The Balaban J connectivity index is 1.51. The molecule has 1 saturated carbocycles. The molecular weight excluding hydrogens is 278 g/mol. The van der Waals surface area contributed by atoms with E-state index >= 15 is 0 Å². The number of likely N-dealkylation sites (tertiary alicyclic amines) is 1. The number of ether oxygens (including phenoxy) is 1. The molecule has 1 aliphatic carbocycles. The second-order valence-electron chi connectivity index (χ2n) is 7.55. The summed E-state index contributed by atoms with van der Waals surface area (Å²) in [4.78, 5) is 15.9. The molecule has 3 aliphatic rings. The summed E-state index contributed by atoms with van der Waals surface area (Å²) in [5, 5.41) is 2.97. The van der Waals surface area contributed by atoms with E-state index in [0.717, 1.165) is 19.0 Å². The molecule has 3 rings (SSSR count). The zero-order valence-corrected chi connectivity index (χ0v) is 14.1. The third-order valence-corrected chi connectivity index (χ3v) is 5.65. The monoisotopic (exact) mass is 309 g/mol. The molecule has 0 bridgehead atoms. The molecule has 126 valence electrons. The van der Waals surface area contributed by atoms with Crippen molar-refractivity contribution in [1.82, 2.24) is 15.1 Å². The number of nitrogens with one attached hydrogen (secondary N) is 1. The second kappa shape index (κ2) is 6.75. The fourth-order valence-corrected chi connectivity index (χ4v) is 4.38. The van der Waals surface area contributed by atoms with Crippen molar-refractivity contribution in [1.29, 1.82) is 0 Å². The molecule has 2 aliphatic heterocycles. The minimum absolute atomic E-state index is 0.0257. The number of hydrogen-bond donors (Lipinski definition) is 1. The van der Waals surface area contributed by atoms with E-state index in [2.05, 4.69) is 10.2 Å². The molecule has 0 aromatic rings. The zero-order chi connectivity index (χ0) is 15.6. The lowest BCUT2D eigenvalue weighted by atomic mass is 9.90. The van der Waals surface area contributed by atoms with Gasteiger partial charge in [0.2, 0.25) is 0 Å². The third-order valence-electron chi connectivity index (χ3n) is 5.65. The van der Waals surface area contributed by atoms with Crippen LogP contribution in [-0.2, 0) is 4.74 Å². The Kier molecular flexibility index (Phi) is 4.93. The maximum absolute atomic E-state index is 11.7. The van der Waals surface area contributed by atoms with Crippen LogP contribution < -0.4 is 5.32 Å². The smallest absolute Gasteiger partial charge is 0.316 e. The summed E-state index contributed by atoms with van der Waals surface area (Å²) in [7, 11) is 3.55. The maximum Gasteiger partial charge on any atom is 0.316 e. The molecule has 1 spiro atoms. The van der Waals surface area contributed by atoms with Gasteiger partial charge in [0.05, 0.1) is 11.7 Å². The molecule has 0 unspecified atom stereocenters. The number of urea groups is 1. The van der Waals surface area contributed by atoms with Crippen LogP contribution >= 0.6 is 0 Å². The van der Waals surface area contributed by atoms with Gasteiger partial charge in [-0.1, -0.05) is 12.8 Å². The Bertz CT molecular complexity index is 395. The minimum atomic E-state index is -0.0257. The van der Waals surface area contributed by atoms with Crippen LogP contribution in [-0.4, -0.2) is 67.3 Å². The second-order valence-corrected chi connectivity index (χ2v) is 7.55. The van der Waals surface area contributed by atoms with Crippen LogP contribution in [0.25, 0.3) is 0 Å². The largest absolute Gasteiger partial charge is 0.369 e. The van der Waals surface area contributed by atoms with Crippen molar-refractivity contribution in [3.05, 3.63) is 0 Å². The fraction of sp³-hybridized carbons (Fsp3) is 0.941. The Hall–Kier alpha value is -0.810. The van der Waals surface area contributed by atoms with Crippen molar-refractivity contribution in [3.8, 4) is 0 Å². The van der Waals surface area contributed by atoms with Crippen LogP contribution in [0.3, 0.4) is 0 Å². The van der Waals surface area contributed by atoms with E-state index in [4.69, 9.17) is 4.74 Å². The van der Waals surface area contributed by atoms with Crippen LogP contribution in [0.4, 0.5) is 4.79 Å². The van der Waals surface area contributed by atoms with E-state index in [-0.39, 0.29) is 17.7 Å². The summed E-state index contributed by atoms with van der Waals surface area (Å²) in [5.74, 6) is 0. The van der Waals surface area contributed by atoms with Gasteiger partial charge in [-0.05, 0) is 38.5 Å². The summed E-state index contributed by atoms with van der Waals surface area (Å²) >= 11 is 0. The van der Waals surface area contributed by atoms with E-state index in [0.29, 0.717) is 6.54 Å². The molecule has 0 radical (unpaired) electrons. The van der Waals surface area contributed by atoms with Gasteiger partial charge in [0, 0.05) is 39.8 Å². The van der Waals surface area contributed by atoms with Crippen molar-refractivity contribution < 1.29 is 9.53 Å². The average Bonchev–Trinajstić information content (AvgIpc) is 3.15. The summed E-state index contributed by atoms with van der Waals surface area (Å²) in [6.07, 6.45) is 10.4. The first-order valence-corrected chi connectivity index (χ1v) is 8.95. The highest BCUT2D eigenvalue weighted by molar-refractivity contribution is 5.73. The first kappa shape index (κ1) is 16.1. The van der Waals surface area contributed by atoms with Gasteiger partial charge in [-0.25, -0.2) is 4.79 Å². The summed E-state index contributed by atoms with van der Waals surface area (Å²) < 4.78 is 6.48. The molecule has 0 aromatic carbocycles. The topological polar surface area (TPSA) is 44.8 Å². The number of rotatable bonds is 3. The predicted molar refractivity (Wildman–Crippen MR) is 87.0 cm³/mol. The molecule has 0 aromatic heterocycles. The highest BCUT2D eigenvalue weighted by Gasteiger charge is 2.44. The van der Waals surface area contributed by atoms with Gasteiger partial charge in [-0.15, -0.1) is 0 Å². The van der Waals surface area contributed by atoms with Crippen LogP contribution in [0.1, 0.15) is 51.4 Å². The molecule has 2 saturated heterocycles. The summed E-state index contributed by atoms with van der Waals surface area (Å²) in [6, 6.07) is 0.777. The van der Waals surface area contributed by atoms with Gasteiger partial charge in [-0.3, -0.25) is 4.90 Å². The lowest BCUT2D eigenvalue weighted by molar-refractivity contribution is -0.119. The van der Waals surface area contributed by atoms with Crippen molar-refractivity contribution in [3.63, 3.8) is 0 Å². The Morgan fingerprint density at radius 1 is 1.23 bits per heavy atom. The van der Waals surface area contributed by atoms with Gasteiger partial charge >= 0.3 is 6.03 Å². The van der Waals surface area contributed by atoms with E-state index < -0.39 is 0 Å². The van der Waals surface area contributed by atoms with Gasteiger partial charge < -0.3 is 15.0 Å². The highest BCUT2D eigenvalue weighted by atomic mass is 16.5. The zero-order valence-electron chi connectivity index (χ0n) is 14.1. The molecular formula is C17H31N3O2. The maximum atomic E-state index is 11.7. The summed E-state index contributed by atoms with van der Waals surface area (Å²) in [6.45, 7) is 2.94. The van der Waals surface area contributed by atoms with E-state index in [1.165, 1.54) is 51.5 Å². The van der Waals surface area contributed by atoms with Crippen molar-refractivity contribution in [2.24, 2.45) is 0 Å². The van der Waals surface area contributed by atoms with Gasteiger partial charge in [0.1, 0.15) is 0 Å². The number of hydrogen-bond acceptors (Lipinski definition) is 3. The van der Waals surface area contributed by atoms with E-state index in [1.54, 1.807) is 19.0 Å². The van der Waals surface area contributed by atoms with Crippen molar-refractivity contribution in [2.75, 3.05) is 33.7 Å². The molecule has 2 amide bonds. The Morgan fingerprint density at radius 2 is 2.00 bits per heavy atom. The molecule has 5 nitrogen and oxygen atoms in total. The van der Waals surface area contributed by atoms with Gasteiger partial charge in [-0.2, -0.15) is 0 Å². The van der Waals surface area contributed by atoms with Gasteiger partial charge in [0.25, 0.3) is 0 Å². The molecule has 2 atom stereocenters. The number of carbonyl (C=O) groups excluding carboxylic acids is 1. The molecule has 22 heavy (non-hydrogen) atoms. The van der Waals surface area contributed by atoms with Crippen LogP contribution in [0, 0.1) is 0 Å². The van der Waals surface area contributed by atoms with Crippen LogP contribution in [0.5, 0.6) is 0 Å². The minimum Gasteiger partial charge on any atom is -0.369 e. The van der Waals surface area contributed by atoms with Crippen LogP contribution in [0.2, 0.25) is 0 Å². The van der Waals surface area contributed by atoms with E-state index in [1.807, 2.05) is 0 Å². The Labute approximate surface area is 134 Å². The average molecular weight is 309 g/mol. The first-order valence-electron chi connectivity index (χ1n) is 8.95. The van der Waals surface area contributed by atoms with E-state index in [9.17, 15) is 4.79 Å². The first-order chi connectivity index (χ1) is 10.6. The highest BCUT2D eigenvalue weighted by Crippen LogP contribution is 2.39. The quantitative estimate of drug-likeness (QED) is 0.869. The van der Waals surface area contributed by atoms with Crippen molar-refractivity contribution >= 4 is 6.03 Å². The number of nitrogens with zero attached hydrogens (tertiary/aromatic N) is 2. The molecule has 3 fully saturated rings. The Morgan fingerprint density at radius 3 is 2.73 bits per heavy atom. The predicted octanol–water partition coefficient (Wildman–Crippen LogP) is 2.21. The number of amides is 2. The standard InChI is InChI=1S/C17H31N3O2/c1-19(2)16(21)18-12-15-8-5-9-17(22-15)10-11-20(13-17)14-6-3-4-7-14/h14-15H,3-13H2,1-2H3,(H,18,21)/t15-,17+/m0/s1. The molecule has 5 heteroatoms. The normalized spacial score (nSPS) is 33.5.